The molecule has 32 valence electrons. The second kappa shape index (κ2) is 101. The molecular formula is C4H10TiZn. The fraction of sp³-hybridized carbons (Fsp3) is 0.500. The van der Waals surface area contributed by atoms with Crippen LogP contribution in [0.2, 0.25) is 0 Å². The summed E-state index contributed by atoms with van der Waals surface area (Å²) in [5.74, 6) is 0. The van der Waals surface area contributed by atoms with Crippen molar-refractivity contribution < 1.29 is 41.2 Å². The normalized spacial score (nSPS) is 2.00. The van der Waals surface area contributed by atoms with E-state index < -0.39 is 0 Å². The number of rotatable bonds is 0. The van der Waals surface area contributed by atoms with E-state index in [1.807, 2.05) is 0 Å². The van der Waals surface area contributed by atoms with E-state index in [1.54, 1.807) is 13.8 Å². The van der Waals surface area contributed by atoms with Crippen molar-refractivity contribution in [2.24, 2.45) is 0 Å². The Morgan fingerprint density at radius 2 is 0.833 bits per heavy atom. The molecule has 0 aromatic carbocycles. The minimum atomic E-state index is 0. The largest absolute Gasteiger partial charge is 2.00 e. The molecule has 0 aliphatic carbocycles. The van der Waals surface area contributed by atoms with Crippen LogP contribution in [-0.2, 0) is 41.2 Å². The van der Waals surface area contributed by atoms with Crippen molar-refractivity contribution in [3.8, 4) is 0 Å². The van der Waals surface area contributed by atoms with E-state index in [1.165, 1.54) is 0 Å². The molecule has 0 bridgehead atoms. The Kier molecular flexibility index (Phi) is 445. The Labute approximate surface area is 68.7 Å². The predicted octanol–water partition coefficient (Wildman–Crippen LogP) is 1.68. The molecule has 0 amide bonds. The van der Waals surface area contributed by atoms with Crippen molar-refractivity contribution in [1.29, 1.82) is 0 Å². The quantitative estimate of drug-likeness (QED) is 0.384. The summed E-state index contributed by atoms with van der Waals surface area (Å²) < 4.78 is 0. The summed E-state index contributed by atoms with van der Waals surface area (Å²) in [6.07, 6.45) is 0. The standard InChI is InChI=1S/2C2H5.Ti.Zn/c2*1-2;;/h2*1H2,2H3;;/q2*-1;;+2. The molecule has 0 spiro atoms. The van der Waals surface area contributed by atoms with Crippen LogP contribution in [0.1, 0.15) is 13.8 Å². The Hall–Kier alpha value is 1.34. The van der Waals surface area contributed by atoms with Gasteiger partial charge in [-0.2, -0.15) is 13.8 Å². The third-order valence-corrected chi connectivity index (χ3v) is 0. The van der Waals surface area contributed by atoms with E-state index in [0.717, 1.165) is 0 Å². The van der Waals surface area contributed by atoms with E-state index in [-0.39, 0.29) is 41.2 Å². The Morgan fingerprint density at radius 1 is 0.833 bits per heavy atom. The van der Waals surface area contributed by atoms with Crippen LogP contribution in [0.25, 0.3) is 0 Å². The van der Waals surface area contributed by atoms with Gasteiger partial charge >= 0.3 is 19.5 Å². The average molecular weight is 171 g/mol. The van der Waals surface area contributed by atoms with Gasteiger partial charge in [0.25, 0.3) is 0 Å². The summed E-state index contributed by atoms with van der Waals surface area (Å²) in [4.78, 5) is 0. The van der Waals surface area contributed by atoms with E-state index in [9.17, 15) is 0 Å². The van der Waals surface area contributed by atoms with E-state index in [2.05, 4.69) is 13.8 Å². The molecule has 0 heterocycles. The zero-order valence-electron chi connectivity index (χ0n) is 4.62. The van der Waals surface area contributed by atoms with Gasteiger partial charge in [-0.15, -0.1) is 0 Å². The molecule has 0 saturated heterocycles. The van der Waals surface area contributed by atoms with Crippen molar-refractivity contribution in [3.63, 3.8) is 0 Å². The average Bonchev–Trinajstić information content (AvgIpc) is 1.50. The molecule has 0 aromatic rings. The second-order valence-electron chi connectivity index (χ2n) is 0. The van der Waals surface area contributed by atoms with E-state index >= 15 is 0 Å². The minimum Gasteiger partial charge on any atom is -0.346 e. The van der Waals surface area contributed by atoms with Crippen molar-refractivity contribution in [3.05, 3.63) is 13.8 Å². The second-order valence-corrected chi connectivity index (χ2v) is 0. The predicted molar refractivity (Wildman–Crippen MR) is 22.1 cm³/mol. The Balaban J connectivity index is -0.00000000500. The monoisotopic (exact) mass is 170 g/mol. The van der Waals surface area contributed by atoms with Gasteiger partial charge < -0.3 is 13.8 Å². The molecule has 0 rings (SSSR count). The molecule has 0 aliphatic heterocycles. The topological polar surface area (TPSA) is 0 Å². The van der Waals surface area contributed by atoms with Gasteiger partial charge in [0, 0.05) is 21.7 Å². The maximum Gasteiger partial charge on any atom is 2.00 e. The van der Waals surface area contributed by atoms with Gasteiger partial charge in [-0.1, -0.05) is 0 Å². The van der Waals surface area contributed by atoms with Crippen LogP contribution in [0.15, 0.2) is 0 Å². The maximum atomic E-state index is 3.25. The van der Waals surface area contributed by atoms with Crippen molar-refractivity contribution in [1.82, 2.24) is 0 Å². The first kappa shape index (κ1) is 26.5. The zero-order chi connectivity index (χ0) is 4.00. The van der Waals surface area contributed by atoms with Crippen LogP contribution in [0.4, 0.5) is 0 Å². The third-order valence-electron chi connectivity index (χ3n) is 0. The van der Waals surface area contributed by atoms with Crippen LogP contribution < -0.4 is 0 Å². The summed E-state index contributed by atoms with van der Waals surface area (Å²) in [7, 11) is 0. The summed E-state index contributed by atoms with van der Waals surface area (Å²) in [5, 5.41) is 0. The molecule has 0 radical (unpaired) electrons. The molecule has 0 nitrogen and oxygen atoms in total. The van der Waals surface area contributed by atoms with Gasteiger partial charge in [-0.3, -0.25) is 0 Å². The zero-order valence-corrected chi connectivity index (χ0v) is 9.15. The molecule has 0 unspecified atom stereocenters. The molecule has 0 atom stereocenters. The fourth-order valence-corrected chi connectivity index (χ4v) is 0. The number of hydrogen-bond acceptors (Lipinski definition) is 0. The van der Waals surface area contributed by atoms with E-state index in [4.69, 9.17) is 0 Å². The Morgan fingerprint density at radius 3 is 0.833 bits per heavy atom. The first-order valence-electron chi connectivity index (χ1n) is 1.41. The molecule has 0 N–H and O–H groups in total. The van der Waals surface area contributed by atoms with Crippen molar-refractivity contribution in [2.75, 3.05) is 0 Å². The van der Waals surface area contributed by atoms with Crippen LogP contribution in [0.5, 0.6) is 0 Å². The first-order chi connectivity index (χ1) is 2.00. The molecular weight excluding hydrogens is 161 g/mol. The molecule has 2 heteroatoms. The molecule has 6 heavy (non-hydrogen) atoms. The summed E-state index contributed by atoms with van der Waals surface area (Å²) in [6, 6.07) is 0. The van der Waals surface area contributed by atoms with Gasteiger partial charge in [-0.25, -0.2) is 0 Å². The number of hydrogen-bond donors (Lipinski definition) is 0. The van der Waals surface area contributed by atoms with E-state index in [0.29, 0.717) is 0 Å². The third kappa shape index (κ3) is 56.1. The summed E-state index contributed by atoms with van der Waals surface area (Å²) in [5.41, 5.74) is 0. The van der Waals surface area contributed by atoms with Gasteiger partial charge in [0.15, 0.2) is 0 Å². The summed E-state index contributed by atoms with van der Waals surface area (Å²) in [6.45, 7) is 10.0. The van der Waals surface area contributed by atoms with Gasteiger partial charge in [0.2, 0.25) is 0 Å². The molecule has 0 aromatic heterocycles. The minimum absolute atomic E-state index is 0. The Bertz CT molecular complexity index is 7.51. The van der Waals surface area contributed by atoms with Crippen LogP contribution in [0.3, 0.4) is 0 Å². The van der Waals surface area contributed by atoms with Crippen LogP contribution in [-0.4, -0.2) is 0 Å². The van der Waals surface area contributed by atoms with Gasteiger partial charge in [-0.05, 0) is 0 Å². The smallest absolute Gasteiger partial charge is 0.346 e. The van der Waals surface area contributed by atoms with Gasteiger partial charge in [0.1, 0.15) is 0 Å². The van der Waals surface area contributed by atoms with Crippen LogP contribution >= 0.6 is 0 Å². The SMILES string of the molecule is [CH2-]C.[CH2-]C.[Ti].[Zn+2]. The van der Waals surface area contributed by atoms with Crippen molar-refractivity contribution >= 4 is 0 Å². The molecule has 0 aliphatic rings. The van der Waals surface area contributed by atoms with Crippen molar-refractivity contribution in [2.45, 2.75) is 13.8 Å². The fourth-order valence-electron chi connectivity index (χ4n) is 0. The van der Waals surface area contributed by atoms with Gasteiger partial charge in [0.05, 0.1) is 0 Å². The van der Waals surface area contributed by atoms with Crippen LogP contribution in [0, 0.1) is 13.8 Å². The first-order valence-corrected chi connectivity index (χ1v) is 1.41. The summed E-state index contributed by atoms with van der Waals surface area (Å²) >= 11 is 0. The molecule has 0 saturated carbocycles. The maximum absolute atomic E-state index is 3.25. The molecule has 0 fully saturated rings.